The lowest BCUT2D eigenvalue weighted by Crippen LogP contribution is -2.22. The smallest absolute Gasteiger partial charge is 0.123 e. The van der Waals surface area contributed by atoms with Crippen LogP contribution in [0.3, 0.4) is 0 Å². The molecule has 4 rings (SSSR count). The van der Waals surface area contributed by atoms with Crippen LogP contribution in [0.2, 0.25) is 0 Å². The summed E-state index contributed by atoms with van der Waals surface area (Å²) >= 11 is 0. The Morgan fingerprint density at radius 1 is 1.00 bits per heavy atom. The van der Waals surface area contributed by atoms with Crippen LogP contribution in [0, 0.1) is 5.82 Å². The van der Waals surface area contributed by atoms with Crippen molar-refractivity contribution in [3.63, 3.8) is 0 Å². The summed E-state index contributed by atoms with van der Waals surface area (Å²) in [4.78, 5) is 5.82. The molecule has 0 bridgehead atoms. The van der Waals surface area contributed by atoms with E-state index in [1.54, 1.807) is 12.1 Å². The van der Waals surface area contributed by atoms with Crippen LogP contribution < -0.4 is 5.06 Å². The molecule has 0 unspecified atom stereocenters. The normalized spacial score (nSPS) is 11.0. The van der Waals surface area contributed by atoms with Gasteiger partial charge in [-0.25, -0.2) is 9.45 Å². The van der Waals surface area contributed by atoms with Crippen molar-refractivity contribution in [1.29, 1.82) is 0 Å². The van der Waals surface area contributed by atoms with Crippen LogP contribution in [-0.2, 0) is 11.4 Å². The molecular formula is C22H20FN3O. The number of H-pyrrole nitrogens is 1. The number of fused-ring (bicyclic) bond motifs is 1. The third kappa shape index (κ3) is 3.68. The fourth-order valence-electron chi connectivity index (χ4n) is 3.11. The average molecular weight is 361 g/mol. The van der Waals surface area contributed by atoms with Crippen LogP contribution in [0.5, 0.6) is 0 Å². The maximum absolute atomic E-state index is 13.2. The molecule has 0 aliphatic rings. The van der Waals surface area contributed by atoms with Gasteiger partial charge in [-0.3, -0.25) is 9.94 Å². The van der Waals surface area contributed by atoms with Crippen molar-refractivity contribution >= 4 is 16.6 Å². The quantitative estimate of drug-likeness (QED) is 0.472. The minimum Gasteiger partial charge on any atom is -0.277 e. The Balaban J connectivity index is 1.68. The van der Waals surface area contributed by atoms with E-state index in [2.05, 4.69) is 22.3 Å². The van der Waals surface area contributed by atoms with Crippen molar-refractivity contribution in [2.45, 2.75) is 13.5 Å². The first-order valence-corrected chi connectivity index (χ1v) is 8.93. The highest BCUT2D eigenvalue weighted by atomic mass is 19.1. The molecule has 27 heavy (non-hydrogen) atoms. The van der Waals surface area contributed by atoms with Gasteiger partial charge in [-0.15, -0.1) is 0 Å². The summed E-state index contributed by atoms with van der Waals surface area (Å²) in [5.41, 5.74) is 4.75. The number of nitrogens with zero attached hydrogens (tertiary/aromatic N) is 2. The lowest BCUT2D eigenvalue weighted by atomic mass is 10.1. The van der Waals surface area contributed by atoms with Gasteiger partial charge in [0.15, 0.2) is 0 Å². The van der Waals surface area contributed by atoms with E-state index in [0.717, 1.165) is 33.4 Å². The Morgan fingerprint density at radius 2 is 1.78 bits per heavy atom. The molecule has 0 atom stereocenters. The largest absolute Gasteiger partial charge is 0.277 e. The van der Waals surface area contributed by atoms with E-state index in [1.807, 2.05) is 48.4 Å². The molecule has 0 fully saturated rings. The summed E-state index contributed by atoms with van der Waals surface area (Å²) in [5, 5.41) is 10.4. The van der Waals surface area contributed by atoms with Gasteiger partial charge in [-0.2, -0.15) is 5.10 Å². The molecule has 136 valence electrons. The zero-order chi connectivity index (χ0) is 18.6. The van der Waals surface area contributed by atoms with Crippen molar-refractivity contribution in [3.05, 3.63) is 84.2 Å². The molecule has 0 amide bonds. The number of para-hydroxylation sites is 1. The Hall–Kier alpha value is -3.18. The zero-order valence-corrected chi connectivity index (χ0v) is 15.0. The second-order valence-electron chi connectivity index (χ2n) is 6.25. The number of anilines is 1. The van der Waals surface area contributed by atoms with Crippen LogP contribution in [0.15, 0.2) is 72.8 Å². The minimum absolute atomic E-state index is 0.255. The highest BCUT2D eigenvalue weighted by Gasteiger charge is 2.12. The van der Waals surface area contributed by atoms with Gasteiger partial charge in [0.05, 0.1) is 30.0 Å². The standard InChI is InChI=1S/C22H20FN3O/c1-2-27-26(19-6-4-3-5-7-19)15-16-8-13-21-20(14-16)22(25-24-21)17-9-11-18(23)12-10-17/h3-14H,2,15H2,1H3,(H,24,25). The van der Waals surface area contributed by atoms with Gasteiger partial charge in [0.1, 0.15) is 5.82 Å². The highest BCUT2D eigenvalue weighted by molar-refractivity contribution is 5.93. The van der Waals surface area contributed by atoms with E-state index in [-0.39, 0.29) is 5.82 Å². The molecule has 0 saturated heterocycles. The Bertz CT molecular complexity index is 1030. The highest BCUT2D eigenvalue weighted by Crippen LogP contribution is 2.28. The molecular weight excluding hydrogens is 341 g/mol. The van der Waals surface area contributed by atoms with E-state index < -0.39 is 0 Å². The molecule has 3 aromatic carbocycles. The lowest BCUT2D eigenvalue weighted by Gasteiger charge is -2.23. The van der Waals surface area contributed by atoms with Crippen LogP contribution in [-0.4, -0.2) is 16.8 Å². The average Bonchev–Trinajstić information content (AvgIpc) is 3.12. The lowest BCUT2D eigenvalue weighted by molar-refractivity contribution is 0.116. The summed E-state index contributed by atoms with van der Waals surface area (Å²) < 4.78 is 13.2. The first-order valence-electron chi connectivity index (χ1n) is 8.93. The number of hydrogen-bond donors (Lipinski definition) is 1. The number of hydrogen-bond acceptors (Lipinski definition) is 3. The predicted octanol–water partition coefficient (Wildman–Crippen LogP) is 5.33. The third-order valence-corrected chi connectivity index (χ3v) is 4.40. The number of hydroxylamine groups is 1. The molecule has 4 nitrogen and oxygen atoms in total. The second kappa shape index (κ2) is 7.60. The van der Waals surface area contributed by atoms with E-state index >= 15 is 0 Å². The molecule has 1 heterocycles. The van der Waals surface area contributed by atoms with Crippen molar-refractivity contribution in [2.24, 2.45) is 0 Å². The van der Waals surface area contributed by atoms with E-state index in [9.17, 15) is 4.39 Å². The van der Waals surface area contributed by atoms with Gasteiger partial charge >= 0.3 is 0 Å². The van der Waals surface area contributed by atoms with Crippen molar-refractivity contribution in [2.75, 3.05) is 11.7 Å². The van der Waals surface area contributed by atoms with Crippen molar-refractivity contribution < 1.29 is 9.23 Å². The monoisotopic (exact) mass is 361 g/mol. The van der Waals surface area contributed by atoms with E-state index in [0.29, 0.717) is 13.2 Å². The molecule has 1 N–H and O–H groups in total. The Kier molecular flexibility index (Phi) is 4.85. The number of benzene rings is 3. The SMILES string of the molecule is CCON(Cc1ccc2[nH]nc(-c3ccc(F)cc3)c2c1)c1ccccc1. The number of rotatable bonds is 6. The summed E-state index contributed by atoms with van der Waals surface area (Å²) in [6, 6.07) is 22.6. The van der Waals surface area contributed by atoms with Crippen LogP contribution in [0.25, 0.3) is 22.2 Å². The maximum Gasteiger partial charge on any atom is 0.123 e. The molecule has 0 aliphatic heterocycles. The van der Waals surface area contributed by atoms with Crippen LogP contribution in [0.4, 0.5) is 10.1 Å². The van der Waals surface area contributed by atoms with Crippen molar-refractivity contribution in [1.82, 2.24) is 10.2 Å². The maximum atomic E-state index is 13.2. The van der Waals surface area contributed by atoms with Gasteiger partial charge in [0.2, 0.25) is 0 Å². The predicted molar refractivity (Wildman–Crippen MR) is 106 cm³/mol. The summed E-state index contributed by atoms with van der Waals surface area (Å²) in [5.74, 6) is -0.255. The topological polar surface area (TPSA) is 41.1 Å². The molecule has 0 radical (unpaired) electrons. The second-order valence-corrected chi connectivity index (χ2v) is 6.25. The molecule has 0 aliphatic carbocycles. The zero-order valence-electron chi connectivity index (χ0n) is 15.0. The van der Waals surface area contributed by atoms with E-state index in [1.165, 1.54) is 12.1 Å². The van der Waals surface area contributed by atoms with E-state index in [4.69, 9.17) is 4.84 Å². The Morgan fingerprint density at radius 3 is 2.52 bits per heavy atom. The Labute approximate surface area is 157 Å². The number of aromatic amines is 1. The number of nitrogens with one attached hydrogen (secondary N) is 1. The first-order chi connectivity index (χ1) is 13.2. The first kappa shape index (κ1) is 17.2. The third-order valence-electron chi connectivity index (χ3n) is 4.40. The summed E-state index contributed by atoms with van der Waals surface area (Å²) in [6.45, 7) is 3.17. The van der Waals surface area contributed by atoms with Gasteiger partial charge in [-0.05, 0) is 61.0 Å². The molecule has 5 heteroatoms. The molecule has 4 aromatic rings. The number of halogens is 1. The number of aromatic nitrogens is 2. The van der Waals surface area contributed by atoms with Gasteiger partial charge in [-0.1, -0.05) is 24.3 Å². The molecule has 1 aromatic heterocycles. The molecule has 0 spiro atoms. The summed E-state index contributed by atoms with van der Waals surface area (Å²) in [7, 11) is 0. The van der Waals surface area contributed by atoms with Crippen LogP contribution in [0.1, 0.15) is 12.5 Å². The molecule has 0 saturated carbocycles. The van der Waals surface area contributed by atoms with Gasteiger partial charge in [0, 0.05) is 10.9 Å². The summed E-state index contributed by atoms with van der Waals surface area (Å²) in [6.07, 6.45) is 0. The van der Waals surface area contributed by atoms with Crippen LogP contribution >= 0.6 is 0 Å². The fourth-order valence-corrected chi connectivity index (χ4v) is 3.11. The van der Waals surface area contributed by atoms with Gasteiger partial charge in [0.25, 0.3) is 0 Å². The van der Waals surface area contributed by atoms with Gasteiger partial charge < -0.3 is 0 Å². The fraction of sp³-hybridized carbons (Fsp3) is 0.136. The van der Waals surface area contributed by atoms with Crippen molar-refractivity contribution in [3.8, 4) is 11.3 Å². The minimum atomic E-state index is -0.255.